The molecule has 2 aromatic carbocycles. The lowest BCUT2D eigenvalue weighted by molar-refractivity contribution is -0.141. The van der Waals surface area contributed by atoms with Gasteiger partial charge in [0.25, 0.3) is 0 Å². The molecule has 2 N–H and O–H groups in total. The first-order valence-electron chi connectivity index (χ1n) is 12.0. The monoisotopic (exact) mass is 462 g/mol. The van der Waals surface area contributed by atoms with Crippen molar-refractivity contribution in [3.8, 4) is 11.1 Å². The van der Waals surface area contributed by atoms with Gasteiger partial charge in [-0.25, -0.2) is 4.79 Å². The maximum atomic E-state index is 12.8. The molecule has 0 aromatic heterocycles. The van der Waals surface area contributed by atoms with E-state index in [9.17, 15) is 19.5 Å². The number of nitrogens with one attached hydrogen (secondary N) is 1. The van der Waals surface area contributed by atoms with E-state index in [1.807, 2.05) is 38.1 Å². The van der Waals surface area contributed by atoms with Crippen LogP contribution in [0.1, 0.15) is 37.3 Å². The third-order valence-electron chi connectivity index (χ3n) is 7.68. The zero-order valence-electron chi connectivity index (χ0n) is 19.4. The number of ether oxygens (including phenoxy) is 1. The number of fused-ring (bicyclic) bond motifs is 4. The smallest absolute Gasteiger partial charge is 0.407 e. The molecule has 5 rings (SSSR count). The van der Waals surface area contributed by atoms with Crippen molar-refractivity contribution < 1.29 is 24.2 Å². The first-order valence-corrected chi connectivity index (χ1v) is 12.0. The van der Waals surface area contributed by atoms with Crippen LogP contribution in [-0.4, -0.2) is 53.7 Å². The Kier molecular flexibility index (Phi) is 5.80. The van der Waals surface area contributed by atoms with E-state index in [0.717, 1.165) is 11.1 Å². The standard InChI is InChI=1S/C27H30N2O5/c1-15(2)23(11-24(30)29-12-20-21(13-29)25(20)26(31)32)28-27(33)34-14-22-18-9-5-3-7-16(18)17-8-4-6-10-19(17)22/h3-10,15,20-23,25H,11-14H2,1-2H3,(H,28,33)(H,31,32)/t20-,21+,23?,25?. The Morgan fingerprint density at radius 3 is 2.09 bits per heavy atom. The Morgan fingerprint density at radius 2 is 1.56 bits per heavy atom. The molecule has 7 nitrogen and oxygen atoms in total. The van der Waals surface area contributed by atoms with Crippen LogP contribution < -0.4 is 5.32 Å². The number of amides is 2. The van der Waals surface area contributed by atoms with Gasteiger partial charge in [0.05, 0.1) is 5.92 Å². The first-order chi connectivity index (χ1) is 16.3. The molecule has 0 spiro atoms. The lowest BCUT2D eigenvalue weighted by atomic mass is 9.98. The van der Waals surface area contributed by atoms with E-state index in [1.165, 1.54) is 11.1 Å². The van der Waals surface area contributed by atoms with Gasteiger partial charge in [0, 0.05) is 31.5 Å². The molecule has 2 aliphatic carbocycles. The van der Waals surface area contributed by atoms with E-state index in [2.05, 4.69) is 29.6 Å². The molecular weight excluding hydrogens is 432 g/mol. The Bertz CT molecular complexity index is 1070. The van der Waals surface area contributed by atoms with Crippen molar-refractivity contribution in [3.05, 3.63) is 59.7 Å². The normalized spacial score (nSPS) is 23.1. The number of alkyl carbamates (subject to hydrolysis) is 1. The number of rotatable bonds is 7. The average molecular weight is 463 g/mol. The van der Waals surface area contributed by atoms with Crippen molar-refractivity contribution in [2.45, 2.75) is 32.2 Å². The number of carboxylic acids is 1. The Labute approximate surface area is 199 Å². The van der Waals surface area contributed by atoms with Gasteiger partial charge in [-0.15, -0.1) is 0 Å². The lowest BCUT2D eigenvalue weighted by Gasteiger charge is -2.26. The van der Waals surface area contributed by atoms with Gasteiger partial charge in [-0.1, -0.05) is 62.4 Å². The molecule has 2 fully saturated rings. The number of benzene rings is 2. The number of hydrogen-bond acceptors (Lipinski definition) is 4. The Morgan fingerprint density at radius 1 is 1.00 bits per heavy atom. The minimum atomic E-state index is -0.765. The summed E-state index contributed by atoms with van der Waals surface area (Å²) in [7, 11) is 0. The van der Waals surface area contributed by atoms with E-state index in [-0.39, 0.29) is 54.6 Å². The maximum Gasteiger partial charge on any atom is 0.407 e. The van der Waals surface area contributed by atoms with Gasteiger partial charge in [0.2, 0.25) is 5.91 Å². The summed E-state index contributed by atoms with van der Waals surface area (Å²) in [5.74, 6) is -0.927. The van der Waals surface area contributed by atoms with Crippen LogP contribution in [0.25, 0.3) is 11.1 Å². The molecule has 178 valence electrons. The molecule has 3 aliphatic rings. The van der Waals surface area contributed by atoms with Crippen LogP contribution in [0.15, 0.2) is 48.5 Å². The second-order valence-electron chi connectivity index (χ2n) is 10.0. The lowest BCUT2D eigenvalue weighted by Crippen LogP contribution is -2.44. The summed E-state index contributed by atoms with van der Waals surface area (Å²) in [6, 6.07) is 16.0. The highest BCUT2D eigenvalue weighted by molar-refractivity contribution is 5.81. The highest BCUT2D eigenvalue weighted by Gasteiger charge is 2.60. The molecule has 1 saturated carbocycles. The third kappa shape index (κ3) is 4.04. The van der Waals surface area contributed by atoms with Crippen LogP contribution in [0.2, 0.25) is 0 Å². The van der Waals surface area contributed by atoms with Crippen molar-refractivity contribution in [3.63, 3.8) is 0 Å². The van der Waals surface area contributed by atoms with Gasteiger partial charge in [0.1, 0.15) is 6.61 Å². The molecule has 34 heavy (non-hydrogen) atoms. The summed E-state index contributed by atoms with van der Waals surface area (Å²) in [5.41, 5.74) is 4.65. The second-order valence-corrected chi connectivity index (χ2v) is 10.0. The zero-order chi connectivity index (χ0) is 24.0. The average Bonchev–Trinajstić information content (AvgIpc) is 3.17. The largest absolute Gasteiger partial charge is 0.481 e. The van der Waals surface area contributed by atoms with Crippen LogP contribution in [-0.2, 0) is 14.3 Å². The molecule has 2 amide bonds. The maximum absolute atomic E-state index is 12.8. The minimum absolute atomic E-state index is 0.0178. The summed E-state index contributed by atoms with van der Waals surface area (Å²) < 4.78 is 5.65. The minimum Gasteiger partial charge on any atom is -0.481 e. The van der Waals surface area contributed by atoms with Gasteiger partial charge in [0.15, 0.2) is 0 Å². The van der Waals surface area contributed by atoms with E-state index in [0.29, 0.717) is 13.1 Å². The number of hydrogen-bond donors (Lipinski definition) is 2. The summed E-state index contributed by atoms with van der Waals surface area (Å²) >= 11 is 0. The topological polar surface area (TPSA) is 95.9 Å². The van der Waals surface area contributed by atoms with Crippen molar-refractivity contribution in [1.82, 2.24) is 10.2 Å². The van der Waals surface area contributed by atoms with Crippen molar-refractivity contribution in [1.29, 1.82) is 0 Å². The van der Waals surface area contributed by atoms with Crippen LogP contribution in [0.4, 0.5) is 4.79 Å². The van der Waals surface area contributed by atoms with Gasteiger partial charge >= 0.3 is 12.1 Å². The molecule has 0 bridgehead atoms. The highest BCUT2D eigenvalue weighted by atomic mass is 16.5. The molecule has 4 atom stereocenters. The van der Waals surface area contributed by atoms with E-state index >= 15 is 0 Å². The van der Waals surface area contributed by atoms with E-state index in [1.54, 1.807) is 4.90 Å². The molecular formula is C27H30N2O5. The number of nitrogens with zero attached hydrogens (tertiary/aromatic N) is 1. The fraction of sp³-hybridized carbons (Fsp3) is 0.444. The number of piperidine rings is 1. The van der Waals surface area contributed by atoms with Crippen molar-refractivity contribution >= 4 is 18.0 Å². The fourth-order valence-corrected chi connectivity index (χ4v) is 5.66. The van der Waals surface area contributed by atoms with E-state index in [4.69, 9.17) is 4.74 Å². The number of aliphatic carboxylic acids is 1. The number of carboxylic acid groups (broad SMARTS) is 1. The predicted octanol–water partition coefficient (Wildman–Crippen LogP) is 3.73. The first kappa shape index (κ1) is 22.4. The van der Waals surface area contributed by atoms with Gasteiger partial charge < -0.3 is 20.1 Å². The quantitative estimate of drug-likeness (QED) is 0.654. The third-order valence-corrected chi connectivity index (χ3v) is 7.68. The Hall–Kier alpha value is -3.35. The van der Waals surface area contributed by atoms with Crippen LogP contribution >= 0.6 is 0 Å². The van der Waals surface area contributed by atoms with Crippen LogP contribution in [0, 0.1) is 23.7 Å². The van der Waals surface area contributed by atoms with Crippen molar-refractivity contribution in [2.24, 2.45) is 23.7 Å². The van der Waals surface area contributed by atoms with Crippen LogP contribution in [0.3, 0.4) is 0 Å². The number of carbonyl (C=O) groups excluding carboxylic acids is 2. The Balaban J connectivity index is 1.17. The summed E-state index contributed by atoms with van der Waals surface area (Å²) in [6.07, 6.45) is -0.345. The zero-order valence-corrected chi connectivity index (χ0v) is 19.4. The molecule has 2 unspecified atom stereocenters. The van der Waals surface area contributed by atoms with Crippen LogP contribution in [0.5, 0.6) is 0 Å². The molecule has 1 saturated heterocycles. The SMILES string of the molecule is CC(C)C(CC(=O)N1C[C@@H]2C(C(=O)O)[C@@H]2C1)NC(=O)OCC1c2ccccc2-c2ccccc21. The number of likely N-dealkylation sites (tertiary alicyclic amines) is 1. The summed E-state index contributed by atoms with van der Waals surface area (Å²) in [5, 5.41) is 12.1. The summed E-state index contributed by atoms with van der Waals surface area (Å²) in [6.45, 7) is 5.14. The highest BCUT2D eigenvalue weighted by Crippen LogP contribution is 2.51. The van der Waals surface area contributed by atoms with Gasteiger partial charge in [-0.2, -0.15) is 0 Å². The van der Waals surface area contributed by atoms with Gasteiger partial charge in [-0.3, -0.25) is 9.59 Å². The predicted molar refractivity (Wildman–Crippen MR) is 126 cm³/mol. The van der Waals surface area contributed by atoms with Gasteiger partial charge in [-0.05, 0) is 40.0 Å². The molecule has 0 radical (unpaired) electrons. The molecule has 7 heteroatoms. The molecule has 1 aliphatic heterocycles. The second kappa shape index (κ2) is 8.78. The number of carbonyl (C=O) groups is 3. The summed E-state index contributed by atoms with van der Waals surface area (Å²) in [4.78, 5) is 38.4. The fourth-order valence-electron chi connectivity index (χ4n) is 5.66. The molecule has 1 heterocycles. The van der Waals surface area contributed by atoms with Crippen molar-refractivity contribution in [2.75, 3.05) is 19.7 Å². The van der Waals surface area contributed by atoms with E-state index < -0.39 is 12.1 Å². The molecule has 2 aromatic rings.